The molecule has 90 valence electrons. The lowest BCUT2D eigenvalue weighted by molar-refractivity contribution is 0.828. The highest BCUT2D eigenvalue weighted by Crippen LogP contribution is 2.20. The first-order valence-corrected chi connectivity index (χ1v) is 6.28. The highest BCUT2D eigenvalue weighted by molar-refractivity contribution is 6.17. The maximum absolute atomic E-state index is 6.01. The second kappa shape index (κ2) is 4.42. The van der Waals surface area contributed by atoms with Crippen LogP contribution in [0.5, 0.6) is 0 Å². The molecule has 0 radical (unpaired) electrons. The first-order valence-electron chi connectivity index (χ1n) is 5.75. The van der Waals surface area contributed by atoms with Crippen molar-refractivity contribution in [3.8, 4) is 5.82 Å². The molecule has 0 aliphatic heterocycles. The maximum atomic E-state index is 6.01. The molecule has 0 saturated carbocycles. The van der Waals surface area contributed by atoms with Crippen molar-refractivity contribution in [3.05, 3.63) is 53.9 Å². The number of rotatable bonds is 2. The van der Waals surface area contributed by atoms with Gasteiger partial charge in [-0.25, -0.2) is 9.67 Å². The van der Waals surface area contributed by atoms with Crippen molar-refractivity contribution >= 4 is 22.5 Å². The summed E-state index contributed by atoms with van der Waals surface area (Å²) in [5.41, 5.74) is 2.90. The Labute approximate surface area is 110 Å². The molecule has 4 heteroatoms. The van der Waals surface area contributed by atoms with E-state index in [0.29, 0.717) is 5.88 Å². The molecular formula is C14H12ClN3. The van der Waals surface area contributed by atoms with Crippen LogP contribution in [0.25, 0.3) is 16.7 Å². The predicted molar refractivity (Wildman–Crippen MR) is 73.2 cm³/mol. The Kier molecular flexibility index (Phi) is 2.76. The van der Waals surface area contributed by atoms with Gasteiger partial charge in [-0.3, -0.25) is 0 Å². The Morgan fingerprint density at radius 3 is 2.78 bits per heavy atom. The number of alkyl halides is 1. The predicted octanol–water partition coefficient (Wildman–Crippen LogP) is 3.47. The number of nitrogens with zero attached hydrogens (tertiary/aromatic N) is 3. The third-order valence-electron chi connectivity index (χ3n) is 2.86. The lowest BCUT2D eigenvalue weighted by Gasteiger charge is -2.08. The monoisotopic (exact) mass is 257 g/mol. The van der Waals surface area contributed by atoms with Crippen molar-refractivity contribution in [1.29, 1.82) is 0 Å². The normalized spacial score (nSPS) is 11.0. The Morgan fingerprint density at radius 1 is 1.22 bits per heavy atom. The van der Waals surface area contributed by atoms with Crippen LogP contribution >= 0.6 is 11.6 Å². The van der Waals surface area contributed by atoms with Gasteiger partial charge >= 0.3 is 0 Å². The van der Waals surface area contributed by atoms with Crippen molar-refractivity contribution < 1.29 is 0 Å². The quantitative estimate of drug-likeness (QED) is 0.658. The Hall–Kier alpha value is -1.87. The fourth-order valence-electron chi connectivity index (χ4n) is 1.98. The van der Waals surface area contributed by atoms with E-state index in [-0.39, 0.29) is 0 Å². The molecule has 0 atom stereocenters. The van der Waals surface area contributed by atoms with E-state index in [9.17, 15) is 0 Å². The SMILES string of the molecule is Cc1ccn(-c2nc3ccccc3cc2CCl)n1. The van der Waals surface area contributed by atoms with Crippen molar-refractivity contribution in [3.63, 3.8) is 0 Å². The van der Waals surface area contributed by atoms with Gasteiger partial charge < -0.3 is 0 Å². The zero-order valence-corrected chi connectivity index (χ0v) is 10.7. The number of halogens is 1. The Balaban J connectivity index is 2.26. The molecule has 2 heterocycles. The number of fused-ring (bicyclic) bond motifs is 1. The van der Waals surface area contributed by atoms with Crippen molar-refractivity contribution in [2.75, 3.05) is 0 Å². The number of aromatic nitrogens is 3. The average Bonchev–Trinajstić information content (AvgIpc) is 2.83. The van der Waals surface area contributed by atoms with Gasteiger partial charge in [0, 0.05) is 17.1 Å². The topological polar surface area (TPSA) is 30.7 Å². The fraction of sp³-hybridized carbons (Fsp3) is 0.143. The number of hydrogen-bond acceptors (Lipinski definition) is 2. The van der Waals surface area contributed by atoms with E-state index < -0.39 is 0 Å². The second-order valence-corrected chi connectivity index (χ2v) is 4.47. The molecule has 0 saturated heterocycles. The summed E-state index contributed by atoms with van der Waals surface area (Å²) in [7, 11) is 0. The van der Waals surface area contributed by atoms with Crippen LogP contribution in [0.4, 0.5) is 0 Å². The van der Waals surface area contributed by atoms with Gasteiger partial charge in [0.15, 0.2) is 5.82 Å². The van der Waals surface area contributed by atoms with Crippen LogP contribution in [0.2, 0.25) is 0 Å². The minimum atomic E-state index is 0.423. The molecule has 0 aliphatic carbocycles. The molecule has 0 fully saturated rings. The molecule has 1 aromatic carbocycles. The summed E-state index contributed by atoms with van der Waals surface area (Å²) >= 11 is 6.01. The summed E-state index contributed by atoms with van der Waals surface area (Å²) in [6.07, 6.45) is 1.91. The smallest absolute Gasteiger partial charge is 0.158 e. The van der Waals surface area contributed by atoms with Gasteiger partial charge in [0.25, 0.3) is 0 Å². The molecule has 3 rings (SSSR count). The van der Waals surface area contributed by atoms with Crippen LogP contribution in [0.1, 0.15) is 11.3 Å². The van der Waals surface area contributed by atoms with Crippen LogP contribution in [0, 0.1) is 6.92 Å². The molecule has 0 N–H and O–H groups in total. The van der Waals surface area contributed by atoms with Gasteiger partial charge in [-0.05, 0) is 25.1 Å². The number of benzene rings is 1. The highest BCUT2D eigenvalue weighted by atomic mass is 35.5. The van der Waals surface area contributed by atoms with Gasteiger partial charge in [0.05, 0.1) is 17.1 Å². The fourth-order valence-corrected chi connectivity index (χ4v) is 2.18. The summed E-state index contributed by atoms with van der Waals surface area (Å²) in [6, 6.07) is 12.0. The van der Waals surface area contributed by atoms with Gasteiger partial charge in [0.2, 0.25) is 0 Å². The van der Waals surface area contributed by atoms with E-state index >= 15 is 0 Å². The Bertz CT molecular complexity index is 703. The van der Waals surface area contributed by atoms with E-state index in [1.54, 1.807) is 4.68 Å². The van der Waals surface area contributed by atoms with Crippen molar-refractivity contribution in [2.45, 2.75) is 12.8 Å². The van der Waals surface area contributed by atoms with Crippen LogP contribution in [-0.4, -0.2) is 14.8 Å². The van der Waals surface area contributed by atoms with Crippen LogP contribution in [0.15, 0.2) is 42.6 Å². The number of para-hydroxylation sites is 1. The number of aryl methyl sites for hydroxylation is 1. The van der Waals surface area contributed by atoms with E-state index in [2.05, 4.69) is 16.1 Å². The third kappa shape index (κ3) is 1.87. The molecule has 3 nitrogen and oxygen atoms in total. The van der Waals surface area contributed by atoms with Gasteiger partial charge in [-0.1, -0.05) is 18.2 Å². The summed E-state index contributed by atoms with van der Waals surface area (Å²) in [4.78, 5) is 4.65. The molecule has 2 aromatic heterocycles. The molecule has 0 unspecified atom stereocenters. The zero-order valence-electron chi connectivity index (χ0n) is 9.97. The van der Waals surface area contributed by atoms with Gasteiger partial charge in [-0.15, -0.1) is 11.6 Å². The minimum Gasteiger partial charge on any atom is -0.228 e. The lowest BCUT2D eigenvalue weighted by atomic mass is 10.1. The first kappa shape index (κ1) is 11.2. The highest BCUT2D eigenvalue weighted by Gasteiger charge is 2.08. The molecule has 3 aromatic rings. The molecular weight excluding hydrogens is 246 g/mol. The molecule has 18 heavy (non-hydrogen) atoms. The van der Waals surface area contributed by atoms with Crippen molar-refractivity contribution in [1.82, 2.24) is 14.8 Å². The van der Waals surface area contributed by atoms with Gasteiger partial charge in [0.1, 0.15) is 0 Å². The average molecular weight is 258 g/mol. The maximum Gasteiger partial charge on any atom is 0.158 e. The summed E-state index contributed by atoms with van der Waals surface area (Å²) < 4.78 is 1.78. The summed E-state index contributed by atoms with van der Waals surface area (Å²) in [6.45, 7) is 1.96. The zero-order chi connectivity index (χ0) is 12.5. The van der Waals surface area contributed by atoms with Gasteiger partial charge in [-0.2, -0.15) is 5.10 Å². The van der Waals surface area contributed by atoms with Crippen LogP contribution in [-0.2, 0) is 5.88 Å². The van der Waals surface area contributed by atoms with Crippen LogP contribution < -0.4 is 0 Å². The molecule has 0 aliphatic rings. The van der Waals surface area contributed by atoms with Crippen LogP contribution in [0.3, 0.4) is 0 Å². The third-order valence-corrected chi connectivity index (χ3v) is 3.15. The summed E-state index contributed by atoms with van der Waals surface area (Å²) in [5, 5.41) is 5.49. The Morgan fingerprint density at radius 2 is 2.06 bits per heavy atom. The second-order valence-electron chi connectivity index (χ2n) is 4.20. The molecule has 0 bridgehead atoms. The van der Waals surface area contributed by atoms with E-state index in [1.165, 1.54) is 0 Å². The first-order chi connectivity index (χ1) is 8.78. The lowest BCUT2D eigenvalue weighted by Crippen LogP contribution is -2.03. The van der Waals surface area contributed by atoms with E-state index in [0.717, 1.165) is 28.0 Å². The minimum absolute atomic E-state index is 0.423. The largest absolute Gasteiger partial charge is 0.228 e. The van der Waals surface area contributed by atoms with Crippen molar-refractivity contribution in [2.24, 2.45) is 0 Å². The summed E-state index contributed by atoms with van der Waals surface area (Å²) in [5.74, 6) is 1.23. The molecule has 0 spiro atoms. The standard InChI is InChI=1S/C14H12ClN3/c1-10-6-7-18(17-10)14-12(9-15)8-11-4-2-3-5-13(11)16-14/h2-8H,9H2,1H3. The van der Waals surface area contributed by atoms with E-state index in [4.69, 9.17) is 11.6 Å². The van der Waals surface area contributed by atoms with E-state index in [1.807, 2.05) is 43.5 Å². The number of hydrogen-bond donors (Lipinski definition) is 0. The number of pyridine rings is 1. The molecule has 0 amide bonds.